The Labute approximate surface area is 101 Å². The van der Waals surface area contributed by atoms with Crippen LogP contribution in [0.5, 0.6) is 5.75 Å². The van der Waals surface area contributed by atoms with Crippen LogP contribution in [-0.4, -0.2) is 18.2 Å². The Bertz CT molecular complexity index is 425. The number of benzene rings is 1. The summed E-state index contributed by atoms with van der Waals surface area (Å²) >= 11 is 0. The van der Waals surface area contributed by atoms with Crippen LogP contribution in [0.3, 0.4) is 0 Å². The second kappa shape index (κ2) is 4.78. The van der Waals surface area contributed by atoms with Gasteiger partial charge in [-0.2, -0.15) is 0 Å². The van der Waals surface area contributed by atoms with Crippen LogP contribution in [0.25, 0.3) is 0 Å². The molecule has 1 aromatic carbocycles. The van der Waals surface area contributed by atoms with Crippen LogP contribution in [0.15, 0.2) is 18.2 Å². The first-order valence-corrected chi connectivity index (χ1v) is 6.01. The lowest BCUT2D eigenvalue weighted by Crippen LogP contribution is -2.26. The molecular weight excluding hydrogens is 216 g/mol. The second-order valence-corrected chi connectivity index (χ2v) is 4.73. The summed E-state index contributed by atoms with van der Waals surface area (Å²) in [6.07, 6.45) is 2.70. The van der Waals surface area contributed by atoms with Gasteiger partial charge in [0.15, 0.2) is 0 Å². The van der Waals surface area contributed by atoms with Crippen molar-refractivity contribution < 1.29 is 14.6 Å². The van der Waals surface area contributed by atoms with Gasteiger partial charge in [0.25, 0.3) is 0 Å². The van der Waals surface area contributed by atoms with Crippen LogP contribution in [0.2, 0.25) is 0 Å². The monoisotopic (exact) mass is 234 g/mol. The largest absolute Gasteiger partial charge is 0.496 e. The normalized spacial score (nSPS) is 20.5. The molecule has 2 atom stereocenters. The molecule has 0 bridgehead atoms. The Hall–Kier alpha value is -1.51. The number of carboxylic acids is 1. The first kappa shape index (κ1) is 12.0. The van der Waals surface area contributed by atoms with E-state index in [1.165, 1.54) is 11.1 Å². The first-order valence-electron chi connectivity index (χ1n) is 6.01. The van der Waals surface area contributed by atoms with Crippen LogP contribution < -0.4 is 4.74 Å². The number of hydrogen-bond donors (Lipinski definition) is 1. The van der Waals surface area contributed by atoms with Crippen LogP contribution in [0, 0.1) is 11.8 Å². The van der Waals surface area contributed by atoms with E-state index >= 15 is 0 Å². The van der Waals surface area contributed by atoms with Gasteiger partial charge in [-0.3, -0.25) is 4.79 Å². The lowest BCUT2D eigenvalue weighted by atomic mass is 9.77. The molecule has 0 saturated heterocycles. The van der Waals surface area contributed by atoms with Gasteiger partial charge >= 0.3 is 5.97 Å². The molecule has 3 heteroatoms. The summed E-state index contributed by atoms with van der Waals surface area (Å²) in [5.41, 5.74) is 2.50. The second-order valence-electron chi connectivity index (χ2n) is 4.73. The van der Waals surface area contributed by atoms with Crippen molar-refractivity contribution in [3.05, 3.63) is 29.3 Å². The SMILES string of the molecule is COc1cccc2c1CCC(C(C)C(=O)O)C2. The molecule has 0 saturated carbocycles. The molecule has 2 unspecified atom stereocenters. The predicted molar refractivity (Wildman–Crippen MR) is 65.3 cm³/mol. The number of methoxy groups -OCH3 is 1. The summed E-state index contributed by atoms with van der Waals surface area (Å²) in [4.78, 5) is 11.0. The molecule has 1 aliphatic carbocycles. The van der Waals surface area contributed by atoms with E-state index in [2.05, 4.69) is 6.07 Å². The van der Waals surface area contributed by atoms with Crippen molar-refractivity contribution in [2.24, 2.45) is 11.8 Å². The molecule has 3 nitrogen and oxygen atoms in total. The average molecular weight is 234 g/mol. The van der Waals surface area contributed by atoms with E-state index < -0.39 is 5.97 Å². The highest BCUT2D eigenvalue weighted by Gasteiger charge is 2.28. The standard InChI is InChI=1S/C14H18O3/c1-9(14(15)16)10-6-7-12-11(8-10)4-3-5-13(12)17-2/h3-5,9-10H,6-8H2,1-2H3,(H,15,16). The van der Waals surface area contributed by atoms with Gasteiger partial charge in [0.1, 0.15) is 5.75 Å². The van der Waals surface area contributed by atoms with Crippen molar-refractivity contribution in [1.82, 2.24) is 0 Å². The molecule has 1 N–H and O–H groups in total. The molecule has 1 aromatic rings. The van der Waals surface area contributed by atoms with Gasteiger partial charge < -0.3 is 9.84 Å². The zero-order valence-electron chi connectivity index (χ0n) is 10.3. The summed E-state index contributed by atoms with van der Waals surface area (Å²) in [6.45, 7) is 1.80. The molecule has 0 radical (unpaired) electrons. The average Bonchev–Trinajstić information content (AvgIpc) is 2.36. The van der Waals surface area contributed by atoms with Gasteiger partial charge in [0.05, 0.1) is 13.0 Å². The number of carbonyl (C=O) groups is 1. The van der Waals surface area contributed by atoms with Crippen LogP contribution in [0.4, 0.5) is 0 Å². The minimum absolute atomic E-state index is 0.243. The van der Waals surface area contributed by atoms with Gasteiger partial charge in [-0.15, -0.1) is 0 Å². The summed E-state index contributed by atoms with van der Waals surface area (Å²) in [6, 6.07) is 6.03. The van der Waals surface area contributed by atoms with Crippen molar-refractivity contribution in [2.75, 3.05) is 7.11 Å². The minimum atomic E-state index is -0.693. The Morgan fingerprint density at radius 2 is 2.29 bits per heavy atom. The summed E-state index contributed by atoms with van der Waals surface area (Å²) in [7, 11) is 1.68. The molecule has 1 aliphatic rings. The third kappa shape index (κ3) is 2.28. The number of rotatable bonds is 3. The van der Waals surface area contributed by atoms with Crippen LogP contribution >= 0.6 is 0 Å². The third-order valence-electron chi connectivity index (χ3n) is 3.79. The van der Waals surface area contributed by atoms with Gasteiger partial charge in [0.2, 0.25) is 0 Å². The highest BCUT2D eigenvalue weighted by Crippen LogP contribution is 2.34. The molecule has 0 heterocycles. The van der Waals surface area contributed by atoms with E-state index in [9.17, 15) is 4.79 Å². The quantitative estimate of drug-likeness (QED) is 0.874. The van der Waals surface area contributed by atoms with Crippen LogP contribution in [-0.2, 0) is 17.6 Å². The number of aliphatic carboxylic acids is 1. The molecule has 2 rings (SSSR count). The number of carboxylic acid groups (broad SMARTS) is 1. The van der Waals surface area contributed by atoms with E-state index in [4.69, 9.17) is 9.84 Å². The molecule has 92 valence electrons. The van der Waals surface area contributed by atoms with Gasteiger partial charge in [-0.05, 0) is 42.4 Å². The number of ether oxygens (including phenoxy) is 1. The fourth-order valence-corrected chi connectivity index (χ4v) is 2.62. The Balaban J connectivity index is 2.22. The van der Waals surface area contributed by atoms with Crippen molar-refractivity contribution in [3.8, 4) is 5.75 Å². The van der Waals surface area contributed by atoms with E-state index in [0.29, 0.717) is 0 Å². The molecular formula is C14H18O3. The maximum atomic E-state index is 11.0. The van der Waals surface area contributed by atoms with Crippen molar-refractivity contribution >= 4 is 5.97 Å². The topological polar surface area (TPSA) is 46.5 Å². The fraction of sp³-hybridized carbons (Fsp3) is 0.500. The molecule has 0 fully saturated rings. The lowest BCUT2D eigenvalue weighted by Gasteiger charge is -2.28. The highest BCUT2D eigenvalue weighted by molar-refractivity contribution is 5.70. The maximum Gasteiger partial charge on any atom is 0.306 e. The van der Waals surface area contributed by atoms with Gasteiger partial charge in [0, 0.05) is 0 Å². The predicted octanol–water partition coefficient (Wildman–Crippen LogP) is 2.52. The van der Waals surface area contributed by atoms with E-state index in [0.717, 1.165) is 25.0 Å². The minimum Gasteiger partial charge on any atom is -0.496 e. The Morgan fingerprint density at radius 3 is 2.94 bits per heavy atom. The molecule has 0 aliphatic heterocycles. The van der Waals surface area contributed by atoms with Crippen molar-refractivity contribution in [3.63, 3.8) is 0 Å². The number of hydrogen-bond acceptors (Lipinski definition) is 2. The van der Waals surface area contributed by atoms with E-state index in [1.54, 1.807) is 14.0 Å². The zero-order valence-corrected chi connectivity index (χ0v) is 10.3. The highest BCUT2D eigenvalue weighted by atomic mass is 16.5. The van der Waals surface area contributed by atoms with Crippen molar-refractivity contribution in [1.29, 1.82) is 0 Å². The van der Waals surface area contributed by atoms with E-state index in [1.807, 2.05) is 12.1 Å². The Morgan fingerprint density at radius 1 is 1.53 bits per heavy atom. The van der Waals surface area contributed by atoms with Crippen LogP contribution in [0.1, 0.15) is 24.5 Å². The molecule has 17 heavy (non-hydrogen) atoms. The molecule has 0 spiro atoms. The lowest BCUT2D eigenvalue weighted by molar-refractivity contribution is -0.143. The summed E-state index contributed by atoms with van der Waals surface area (Å²) in [5.74, 6) is 0.215. The summed E-state index contributed by atoms with van der Waals surface area (Å²) < 4.78 is 5.34. The summed E-state index contributed by atoms with van der Waals surface area (Å²) in [5, 5.41) is 9.06. The van der Waals surface area contributed by atoms with Crippen molar-refractivity contribution in [2.45, 2.75) is 26.2 Å². The maximum absolute atomic E-state index is 11.0. The van der Waals surface area contributed by atoms with Gasteiger partial charge in [-0.25, -0.2) is 0 Å². The molecule has 0 amide bonds. The first-order chi connectivity index (χ1) is 8.13. The van der Waals surface area contributed by atoms with Gasteiger partial charge in [-0.1, -0.05) is 19.1 Å². The molecule has 0 aromatic heterocycles. The zero-order chi connectivity index (χ0) is 12.4. The third-order valence-corrected chi connectivity index (χ3v) is 3.79. The Kier molecular flexibility index (Phi) is 3.36. The van der Waals surface area contributed by atoms with E-state index in [-0.39, 0.29) is 11.8 Å². The smallest absolute Gasteiger partial charge is 0.306 e. The fourth-order valence-electron chi connectivity index (χ4n) is 2.62. The number of fused-ring (bicyclic) bond motifs is 1.